The van der Waals surface area contributed by atoms with Gasteiger partial charge in [-0.25, -0.2) is 0 Å². The molecule has 0 fully saturated rings. The third kappa shape index (κ3) is 4.26. The summed E-state index contributed by atoms with van der Waals surface area (Å²) in [6, 6.07) is 11.7. The summed E-state index contributed by atoms with van der Waals surface area (Å²) < 4.78 is 0. The number of aromatic nitrogens is 1. The van der Waals surface area contributed by atoms with E-state index < -0.39 is 0 Å². The molecule has 0 aliphatic carbocycles. The number of hydrogen-bond acceptors (Lipinski definition) is 3. The smallest absolute Gasteiger partial charge is 0.141 e. The Hall–Kier alpha value is -1.52. The summed E-state index contributed by atoms with van der Waals surface area (Å²) in [7, 11) is 0. The fourth-order valence-corrected chi connectivity index (χ4v) is 2.65. The minimum absolute atomic E-state index is 0.00421. The molecule has 0 amide bonds. The summed E-state index contributed by atoms with van der Waals surface area (Å²) in [5.74, 6) is 1.80. The van der Waals surface area contributed by atoms with Gasteiger partial charge < -0.3 is 5.73 Å². The van der Waals surface area contributed by atoms with E-state index in [0.717, 1.165) is 22.1 Å². The zero-order valence-corrected chi connectivity index (χ0v) is 11.8. The molecule has 1 heterocycles. The molecular weight excluding hydrogens is 278 g/mol. The molecule has 0 radical (unpaired) electrons. The maximum absolute atomic E-state index is 7.36. The van der Waals surface area contributed by atoms with E-state index in [0.29, 0.717) is 5.69 Å². The zero-order chi connectivity index (χ0) is 13.7. The Balaban J connectivity index is 1.90. The average molecular weight is 292 g/mol. The number of halogens is 1. The first-order valence-electron chi connectivity index (χ1n) is 5.76. The van der Waals surface area contributed by atoms with Crippen molar-refractivity contribution in [1.29, 1.82) is 5.41 Å². The summed E-state index contributed by atoms with van der Waals surface area (Å²) in [5, 5.41) is 8.12. The Bertz CT molecular complexity index is 569. The molecule has 19 heavy (non-hydrogen) atoms. The van der Waals surface area contributed by atoms with Crippen molar-refractivity contribution in [1.82, 2.24) is 4.98 Å². The first kappa shape index (κ1) is 13.9. The van der Waals surface area contributed by atoms with Gasteiger partial charge in [-0.15, -0.1) is 0 Å². The number of rotatable bonds is 5. The maximum Gasteiger partial charge on any atom is 0.141 e. The van der Waals surface area contributed by atoms with Crippen LogP contribution in [0.5, 0.6) is 0 Å². The quantitative estimate of drug-likeness (QED) is 0.655. The molecule has 0 atom stereocenters. The molecule has 2 aromatic rings. The molecule has 0 saturated carbocycles. The van der Waals surface area contributed by atoms with Crippen molar-refractivity contribution >= 4 is 29.2 Å². The average Bonchev–Trinajstić information content (AvgIpc) is 2.41. The predicted molar refractivity (Wildman–Crippen MR) is 81.7 cm³/mol. The number of nitrogens with two attached hydrogens (primary N) is 1. The van der Waals surface area contributed by atoms with Gasteiger partial charge in [0.1, 0.15) is 11.5 Å². The van der Waals surface area contributed by atoms with Crippen LogP contribution in [0.15, 0.2) is 42.6 Å². The highest BCUT2D eigenvalue weighted by Crippen LogP contribution is 2.19. The molecule has 3 nitrogen and oxygen atoms in total. The van der Waals surface area contributed by atoms with Crippen LogP contribution in [0.3, 0.4) is 0 Å². The lowest BCUT2D eigenvalue weighted by Crippen LogP contribution is -2.13. The van der Waals surface area contributed by atoms with Crippen LogP contribution in [0.2, 0.25) is 5.02 Å². The fraction of sp³-hybridized carbons (Fsp3) is 0.143. The summed E-state index contributed by atoms with van der Waals surface area (Å²) in [6.45, 7) is 0. The first-order valence-corrected chi connectivity index (χ1v) is 7.30. The molecule has 1 aromatic carbocycles. The summed E-state index contributed by atoms with van der Waals surface area (Å²) in [6.07, 6.45) is 1.69. The topological polar surface area (TPSA) is 62.8 Å². The van der Waals surface area contributed by atoms with Gasteiger partial charge >= 0.3 is 0 Å². The minimum atomic E-state index is 0.00421. The number of nitrogens with zero attached hydrogens (tertiary/aromatic N) is 1. The van der Waals surface area contributed by atoms with Crippen LogP contribution in [-0.4, -0.2) is 10.8 Å². The summed E-state index contributed by atoms with van der Waals surface area (Å²) >= 11 is 7.65. The van der Waals surface area contributed by atoms with Crippen LogP contribution in [0.4, 0.5) is 0 Å². The monoisotopic (exact) mass is 291 g/mol. The molecule has 1 aromatic heterocycles. The molecule has 98 valence electrons. The minimum Gasteiger partial charge on any atom is -0.382 e. The van der Waals surface area contributed by atoms with Crippen molar-refractivity contribution in [3.63, 3.8) is 0 Å². The van der Waals surface area contributed by atoms with Gasteiger partial charge in [-0.3, -0.25) is 10.4 Å². The predicted octanol–water partition coefficient (Wildman–Crippen LogP) is 3.45. The van der Waals surface area contributed by atoms with Crippen molar-refractivity contribution in [2.45, 2.75) is 11.5 Å². The second-order valence-electron chi connectivity index (χ2n) is 4.08. The van der Waals surface area contributed by atoms with Crippen molar-refractivity contribution < 1.29 is 0 Å². The van der Waals surface area contributed by atoms with Crippen molar-refractivity contribution in [3.05, 3.63) is 64.4 Å². The van der Waals surface area contributed by atoms with E-state index in [2.05, 4.69) is 4.98 Å². The SMILES string of the molecule is N=C(N)c1cc(CSCc2ccc(Cl)cc2)ccn1. The highest BCUT2D eigenvalue weighted by Gasteiger charge is 2.01. The molecule has 2 rings (SSSR count). The third-order valence-corrected chi connectivity index (χ3v) is 3.88. The molecule has 0 bridgehead atoms. The molecule has 0 aliphatic heterocycles. The second-order valence-corrected chi connectivity index (χ2v) is 5.50. The highest BCUT2D eigenvalue weighted by molar-refractivity contribution is 7.97. The molecule has 3 N–H and O–H groups in total. The van der Waals surface area contributed by atoms with E-state index >= 15 is 0 Å². The highest BCUT2D eigenvalue weighted by atomic mass is 35.5. The van der Waals surface area contributed by atoms with Crippen molar-refractivity contribution in [3.8, 4) is 0 Å². The number of benzene rings is 1. The van der Waals surface area contributed by atoms with E-state index in [1.165, 1.54) is 5.56 Å². The first-order chi connectivity index (χ1) is 9.15. The number of nitrogens with one attached hydrogen (secondary N) is 1. The number of pyridine rings is 1. The lowest BCUT2D eigenvalue weighted by atomic mass is 10.2. The molecule has 5 heteroatoms. The van der Waals surface area contributed by atoms with Crippen molar-refractivity contribution in [2.24, 2.45) is 5.73 Å². The van der Waals surface area contributed by atoms with Gasteiger partial charge in [-0.2, -0.15) is 11.8 Å². The molecule has 0 aliphatic rings. The van der Waals surface area contributed by atoms with Gasteiger partial charge in [-0.05, 0) is 35.4 Å². The molecular formula is C14H14ClN3S. The van der Waals surface area contributed by atoms with Crippen LogP contribution in [0, 0.1) is 5.41 Å². The van der Waals surface area contributed by atoms with E-state index in [-0.39, 0.29) is 5.84 Å². The lowest BCUT2D eigenvalue weighted by molar-refractivity contribution is 1.22. The lowest BCUT2D eigenvalue weighted by Gasteiger charge is -2.04. The maximum atomic E-state index is 7.36. The van der Waals surface area contributed by atoms with Gasteiger partial charge in [0.25, 0.3) is 0 Å². The normalized spacial score (nSPS) is 10.4. The number of amidine groups is 1. The second kappa shape index (κ2) is 6.59. The molecule has 0 spiro atoms. The Kier molecular flexibility index (Phi) is 4.82. The number of nitrogen functional groups attached to an aromatic ring is 1. The Morgan fingerprint density at radius 1 is 1.16 bits per heavy atom. The fourth-order valence-electron chi connectivity index (χ4n) is 1.58. The van der Waals surface area contributed by atoms with Gasteiger partial charge in [0.05, 0.1) is 0 Å². The Labute approximate surface area is 121 Å². The van der Waals surface area contributed by atoms with Crippen LogP contribution in [0.1, 0.15) is 16.8 Å². The van der Waals surface area contributed by atoms with Gasteiger partial charge in [0, 0.05) is 22.7 Å². The van der Waals surface area contributed by atoms with Crippen LogP contribution < -0.4 is 5.73 Å². The zero-order valence-electron chi connectivity index (χ0n) is 10.3. The summed E-state index contributed by atoms with van der Waals surface area (Å²) in [5.41, 5.74) is 8.32. The van der Waals surface area contributed by atoms with Gasteiger partial charge in [0.15, 0.2) is 0 Å². The number of thioether (sulfide) groups is 1. The van der Waals surface area contributed by atoms with E-state index in [1.807, 2.05) is 36.4 Å². The standard InChI is InChI=1S/C14H14ClN3S/c15-12-3-1-10(2-4-12)8-19-9-11-5-6-18-13(7-11)14(16)17/h1-7H,8-9H2,(H3,16,17). The van der Waals surface area contributed by atoms with Gasteiger partial charge in [0.2, 0.25) is 0 Å². The largest absolute Gasteiger partial charge is 0.382 e. The van der Waals surface area contributed by atoms with E-state index in [9.17, 15) is 0 Å². The number of hydrogen-bond donors (Lipinski definition) is 2. The molecule has 0 unspecified atom stereocenters. The van der Waals surface area contributed by atoms with Crippen LogP contribution in [-0.2, 0) is 11.5 Å². The van der Waals surface area contributed by atoms with Gasteiger partial charge in [-0.1, -0.05) is 23.7 Å². The third-order valence-electron chi connectivity index (χ3n) is 2.55. The summed E-state index contributed by atoms with van der Waals surface area (Å²) in [4.78, 5) is 4.04. The Morgan fingerprint density at radius 3 is 2.53 bits per heavy atom. The van der Waals surface area contributed by atoms with E-state index in [1.54, 1.807) is 18.0 Å². The van der Waals surface area contributed by atoms with Crippen molar-refractivity contribution in [2.75, 3.05) is 0 Å². The van der Waals surface area contributed by atoms with E-state index in [4.69, 9.17) is 22.7 Å². The van der Waals surface area contributed by atoms with Crippen LogP contribution >= 0.6 is 23.4 Å². The molecule has 0 saturated heterocycles. The van der Waals surface area contributed by atoms with Crippen LogP contribution in [0.25, 0.3) is 0 Å². The Morgan fingerprint density at radius 2 is 1.84 bits per heavy atom.